The molecule has 0 aliphatic carbocycles. The molecule has 106 valence electrons. The number of nitrogens with two attached hydrogens (primary N) is 1. The maximum atomic E-state index is 11.6. The Kier molecular flexibility index (Phi) is 4.45. The highest BCUT2D eigenvalue weighted by Gasteiger charge is 2.15. The van der Waals surface area contributed by atoms with Crippen molar-refractivity contribution in [2.24, 2.45) is 5.84 Å². The van der Waals surface area contributed by atoms with Crippen molar-refractivity contribution in [1.29, 1.82) is 0 Å². The number of halogens is 1. The third kappa shape index (κ3) is 3.37. The molecule has 0 fully saturated rings. The van der Waals surface area contributed by atoms with E-state index in [4.69, 9.17) is 17.4 Å². The molecule has 1 atom stereocenters. The molecule has 0 amide bonds. The Morgan fingerprint density at radius 1 is 1.10 bits per heavy atom. The number of nitrogens with one attached hydrogen (secondary N) is 1. The maximum absolute atomic E-state index is 11.6. The maximum Gasteiger partial charge on any atom is 0.175 e. The normalized spacial score (nSPS) is 13.2. The molecule has 0 bridgehead atoms. The van der Waals surface area contributed by atoms with E-state index in [-0.39, 0.29) is 10.9 Å². The molecule has 0 spiro atoms. The topological polar surface area (TPSA) is 72.2 Å². The van der Waals surface area contributed by atoms with Crippen LogP contribution >= 0.6 is 11.6 Å². The summed E-state index contributed by atoms with van der Waals surface area (Å²) in [7, 11) is -3.25. The molecular weight excluding hydrogens is 296 g/mol. The van der Waals surface area contributed by atoms with Crippen molar-refractivity contribution in [3.05, 3.63) is 64.7 Å². The van der Waals surface area contributed by atoms with E-state index in [9.17, 15) is 8.42 Å². The Hall–Kier alpha value is -1.40. The molecule has 1 unspecified atom stereocenters. The summed E-state index contributed by atoms with van der Waals surface area (Å²) >= 11 is 5.97. The van der Waals surface area contributed by atoms with Gasteiger partial charge in [0.15, 0.2) is 9.84 Å². The highest BCUT2D eigenvalue weighted by molar-refractivity contribution is 7.90. The predicted molar refractivity (Wildman–Crippen MR) is 80.2 cm³/mol. The number of rotatable bonds is 4. The predicted octanol–water partition coefficient (Wildman–Crippen LogP) is 2.30. The number of benzene rings is 2. The van der Waals surface area contributed by atoms with E-state index in [1.807, 2.05) is 18.2 Å². The lowest BCUT2D eigenvalue weighted by molar-refractivity contribution is 0.600. The van der Waals surface area contributed by atoms with E-state index in [0.717, 1.165) is 11.1 Å². The molecule has 0 saturated heterocycles. The first kappa shape index (κ1) is 15.0. The molecule has 0 heterocycles. The summed E-state index contributed by atoms with van der Waals surface area (Å²) in [5, 5.41) is 0.599. The van der Waals surface area contributed by atoms with Crippen molar-refractivity contribution >= 4 is 21.4 Å². The van der Waals surface area contributed by atoms with Crippen molar-refractivity contribution in [2.75, 3.05) is 6.26 Å². The quantitative estimate of drug-likeness (QED) is 0.671. The van der Waals surface area contributed by atoms with Gasteiger partial charge >= 0.3 is 0 Å². The standard InChI is InChI=1S/C14H15ClN2O2S/c1-20(18,19)13-7-3-5-11(9-13)14(17-16)10-4-2-6-12(15)8-10/h2-9,14,17H,16H2,1H3. The van der Waals surface area contributed by atoms with Crippen LogP contribution in [0, 0.1) is 0 Å². The monoisotopic (exact) mass is 310 g/mol. The zero-order chi connectivity index (χ0) is 14.8. The first-order valence-corrected chi connectivity index (χ1v) is 8.20. The van der Waals surface area contributed by atoms with Gasteiger partial charge in [-0.2, -0.15) is 0 Å². The summed E-state index contributed by atoms with van der Waals surface area (Å²) in [6.07, 6.45) is 1.18. The molecule has 0 aliphatic rings. The number of hydrogen-bond donors (Lipinski definition) is 2. The van der Waals surface area contributed by atoms with Crippen molar-refractivity contribution in [1.82, 2.24) is 5.43 Å². The largest absolute Gasteiger partial charge is 0.271 e. The molecule has 2 rings (SSSR count). The lowest BCUT2D eigenvalue weighted by Crippen LogP contribution is -2.28. The second kappa shape index (κ2) is 5.93. The van der Waals surface area contributed by atoms with Gasteiger partial charge < -0.3 is 0 Å². The fraction of sp³-hybridized carbons (Fsp3) is 0.143. The summed E-state index contributed by atoms with van der Waals surface area (Å²) in [4.78, 5) is 0.261. The smallest absolute Gasteiger partial charge is 0.175 e. The minimum absolute atomic E-state index is 0.261. The van der Waals surface area contributed by atoms with Crippen LogP contribution in [-0.4, -0.2) is 14.7 Å². The molecule has 2 aromatic carbocycles. The highest BCUT2D eigenvalue weighted by atomic mass is 35.5. The fourth-order valence-electron chi connectivity index (χ4n) is 2.00. The van der Waals surface area contributed by atoms with E-state index < -0.39 is 9.84 Å². The lowest BCUT2D eigenvalue weighted by Gasteiger charge is -2.17. The first-order valence-electron chi connectivity index (χ1n) is 5.93. The Bertz CT molecular complexity index is 717. The van der Waals surface area contributed by atoms with Gasteiger partial charge in [0.1, 0.15) is 0 Å². The highest BCUT2D eigenvalue weighted by Crippen LogP contribution is 2.25. The Morgan fingerprint density at radius 2 is 1.70 bits per heavy atom. The van der Waals surface area contributed by atoms with Crippen LogP contribution in [0.3, 0.4) is 0 Å². The van der Waals surface area contributed by atoms with Crippen LogP contribution in [0.2, 0.25) is 5.02 Å². The molecule has 3 N–H and O–H groups in total. The van der Waals surface area contributed by atoms with Crippen LogP contribution in [0.1, 0.15) is 17.2 Å². The van der Waals surface area contributed by atoms with Gasteiger partial charge in [-0.1, -0.05) is 35.9 Å². The third-order valence-corrected chi connectivity index (χ3v) is 4.31. The van der Waals surface area contributed by atoms with Gasteiger partial charge in [0.05, 0.1) is 10.9 Å². The Balaban J connectivity index is 2.48. The molecule has 2 aromatic rings. The van der Waals surface area contributed by atoms with Crippen molar-refractivity contribution in [3.8, 4) is 0 Å². The number of hydrazine groups is 1. The van der Waals surface area contributed by atoms with Crippen LogP contribution in [0.25, 0.3) is 0 Å². The summed E-state index contributed by atoms with van der Waals surface area (Å²) in [6.45, 7) is 0. The van der Waals surface area contributed by atoms with Crippen LogP contribution in [-0.2, 0) is 9.84 Å². The van der Waals surface area contributed by atoms with Crippen LogP contribution < -0.4 is 11.3 Å². The van der Waals surface area contributed by atoms with Gasteiger partial charge in [0.2, 0.25) is 0 Å². The summed E-state index contributed by atoms with van der Waals surface area (Å²) in [6, 6.07) is 13.6. The van der Waals surface area contributed by atoms with Crippen molar-refractivity contribution in [3.63, 3.8) is 0 Å². The number of sulfone groups is 1. The third-order valence-electron chi connectivity index (χ3n) is 2.97. The fourth-order valence-corrected chi connectivity index (χ4v) is 2.87. The molecule has 4 nitrogen and oxygen atoms in total. The van der Waals surface area contributed by atoms with Gasteiger partial charge in [-0.05, 0) is 35.4 Å². The SMILES string of the molecule is CS(=O)(=O)c1cccc(C(NN)c2cccc(Cl)c2)c1. The minimum Gasteiger partial charge on any atom is -0.271 e. The summed E-state index contributed by atoms with van der Waals surface area (Å²) < 4.78 is 23.2. The van der Waals surface area contributed by atoms with E-state index in [2.05, 4.69) is 5.43 Å². The molecule has 0 radical (unpaired) electrons. The van der Waals surface area contributed by atoms with Crippen molar-refractivity contribution < 1.29 is 8.42 Å². The molecule has 0 aromatic heterocycles. The zero-order valence-corrected chi connectivity index (χ0v) is 12.4. The van der Waals surface area contributed by atoms with Gasteiger partial charge in [0.25, 0.3) is 0 Å². The second-order valence-electron chi connectivity index (χ2n) is 4.50. The molecule has 6 heteroatoms. The first-order chi connectivity index (χ1) is 9.41. The summed E-state index contributed by atoms with van der Waals surface area (Å²) in [5.41, 5.74) is 4.32. The minimum atomic E-state index is -3.25. The lowest BCUT2D eigenvalue weighted by atomic mass is 9.99. The second-order valence-corrected chi connectivity index (χ2v) is 6.95. The van der Waals surface area contributed by atoms with Gasteiger partial charge in [-0.15, -0.1) is 0 Å². The van der Waals surface area contributed by atoms with Gasteiger partial charge in [-0.3, -0.25) is 5.84 Å². The van der Waals surface area contributed by atoms with E-state index in [1.165, 1.54) is 6.26 Å². The van der Waals surface area contributed by atoms with E-state index in [1.54, 1.807) is 30.3 Å². The van der Waals surface area contributed by atoms with Crippen LogP contribution in [0.5, 0.6) is 0 Å². The number of hydrogen-bond acceptors (Lipinski definition) is 4. The Labute approximate surface area is 123 Å². The van der Waals surface area contributed by atoms with Gasteiger partial charge in [-0.25, -0.2) is 13.8 Å². The molecule has 0 aliphatic heterocycles. The van der Waals surface area contributed by atoms with E-state index >= 15 is 0 Å². The zero-order valence-electron chi connectivity index (χ0n) is 10.9. The van der Waals surface area contributed by atoms with Crippen molar-refractivity contribution in [2.45, 2.75) is 10.9 Å². The Morgan fingerprint density at radius 3 is 2.25 bits per heavy atom. The van der Waals surface area contributed by atoms with Crippen LogP contribution in [0.15, 0.2) is 53.4 Å². The summed E-state index contributed by atoms with van der Waals surface area (Å²) in [5.74, 6) is 5.60. The van der Waals surface area contributed by atoms with Crippen LogP contribution in [0.4, 0.5) is 0 Å². The average Bonchev–Trinajstić information content (AvgIpc) is 2.39. The van der Waals surface area contributed by atoms with Gasteiger partial charge in [0, 0.05) is 11.3 Å². The average molecular weight is 311 g/mol. The molecular formula is C14H15ClN2O2S. The molecule has 0 saturated carbocycles. The molecule has 20 heavy (non-hydrogen) atoms. The van der Waals surface area contributed by atoms with E-state index in [0.29, 0.717) is 5.02 Å².